The average molecular weight is 251 g/mol. The lowest BCUT2D eigenvalue weighted by Gasteiger charge is -2.15. The molecule has 1 aromatic rings. The van der Waals surface area contributed by atoms with E-state index in [1.54, 1.807) is 7.11 Å². The standard InChI is InChI=1S/C13H17NO4/c1-18-10-4-2-9(3-5-10)6-14-7-11(13(16)17)12(15)8-14/h2-5,11-12,15H,6-8H2,1H3,(H,16,17)/t11-,12-/m0/s1. The summed E-state index contributed by atoms with van der Waals surface area (Å²) in [7, 11) is 1.61. The number of carbonyl (C=O) groups is 1. The Morgan fingerprint density at radius 3 is 2.56 bits per heavy atom. The van der Waals surface area contributed by atoms with Crippen LogP contribution in [0.15, 0.2) is 24.3 Å². The maximum Gasteiger partial charge on any atom is 0.310 e. The zero-order chi connectivity index (χ0) is 13.1. The average Bonchev–Trinajstić information content (AvgIpc) is 2.71. The van der Waals surface area contributed by atoms with Gasteiger partial charge in [-0.3, -0.25) is 9.69 Å². The number of methoxy groups -OCH3 is 1. The Hall–Kier alpha value is -1.59. The second kappa shape index (κ2) is 5.37. The van der Waals surface area contributed by atoms with Gasteiger partial charge in [0, 0.05) is 19.6 Å². The Labute approximate surface area is 106 Å². The van der Waals surface area contributed by atoms with E-state index in [2.05, 4.69) is 0 Å². The van der Waals surface area contributed by atoms with Gasteiger partial charge in [0.25, 0.3) is 0 Å². The minimum Gasteiger partial charge on any atom is -0.497 e. The second-order valence-corrected chi connectivity index (χ2v) is 4.55. The van der Waals surface area contributed by atoms with E-state index < -0.39 is 18.0 Å². The first-order valence-electron chi connectivity index (χ1n) is 5.86. The van der Waals surface area contributed by atoms with Crippen LogP contribution in [0, 0.1) is 5.92 Å². The fourth-order valence-electron chi connectivity index (χ4n) is 2.23. The van der Waals surface area contributed by atoms with Gasteiger partial charge in [0.2, 0.25) is 0 Å². The number of rotatable bonds is 4. The number of β-amino-alcohol motifs (C(OH)–C–C–N with tert-alkyl or cyclic N) is 1. The number of aliphatic carboxylic acids is 1. The molecule has 0 spiro atoms. The Morgan fingerprint density at radius 2 is 2.06 bits per heavy atom. The molecule has 1 aromatic carbocycles. The maximum absolute atomic E-state index is 10.9. The first kappa shape index (κ1) is 12.9. The van der Waals surface area contributed by atoms with Gasteiger partial charge in [0.1, 0.15) is 5.75 Å². The highest BCUT2D eigenvalue weighted by molar-refractivity contribution is 5.71. The van der Waals surface area contributed by atoms with E-state index in [1.807, 2.05) is 29.2 Å². The van der Waals surface area contributed by atoms with Crippen molar-refractivity contribution in [3.8, 4) is 5.75 Å². The van der Waals surface area contributed by atoms with Crippen LogP contribution in [0.5, 0.6) is 5.75 Å². The molecule has 1 aliphatic heterocycles. The van der Waals surface area contributed by atoms with Crippen LogP contribution in [0.25, 0.3) is 0 Å². The minimum atomic E-state index is -0.931. The first-order valence-corrected chi connectivity index (χ1v) is 5.86. The molecule has 5 heteroatoms. The molecule has 0 bridgehead atoms. The van der Waals surface area contributed by atoms with E-state index in [-0.39, 0.29) is 0 Å². The number of carboxylic acid groups (broad SMARTS) is 1. The highest BCUT2D eigenvalue weighted by Crippen LogP contribution is 2.20. The van der Waals surface area contributed by atoms with Crippen LogP contribution in [0.1, 0.15) is 5.56 Å². The summed E-state index contributed by atoms with van der Waals surface area (Å²) in [5.41, 5.74) is 1.08. The molecule has 0 saturated carbocycles. The Morgan fingerprint density at radius 1 is 1.39 bits per heavy atom. The zero-order valence-corrected chi connectivity index (χ0v) is 10.2. The molecule has 2 rings (SSSR count). The molecular formula is C13H17NO4. The Balaban J connectivity index is 1.96. The van der Waals surface area contributed by atoms with Gasteiger partial charge < -0.3 is 14.9 Å². The summed E-state index contributed by atoms with van der Waals surface area (Å²) in [6, 6.07) is 7.63. The number of nitrogens with zero attached hydrogens (tertiary/aromatic N) is 1. The van der Waals surface area contributed by atoms with Crippen molar-refractivity contribution in [3.63, 3.8) is 0 Å². The summed E-state index contributed by atoms with van der Waals surface area (Å²) in [5, 5.41) is 18.6. The van der Waals surface area contributed by atoms with Crippen molar-refractivity contribution in [2.75, 3.05) is 20.2 Å². The quantitative estimate of drug-likeness (QED) is 0.819. The van der Waals surface area contributed by atoms with Gasteiger partial charge in [0.05, 0.1) is 19.1 Å². The third-order valence-electron chi connectivity index (χ3n) is 3.25. The van der Waals surface area contributed by atoms with Gasteiger partial charge in [-0.05, 0) is 17.7 Å². The van der Waals surface area contributed by atoms with Crippen molar-refractivity contribution in [3.05, 3.63) is 29.8 Å². The highest BCUT2D eigenvalue weighted by Gasteiger charge is 2.36. The summed E-state index contributed by atoms with van der Waals surface area (Å²) in [5.74, 6) is -0.813. The van der Waals surface area contributed by atoms with Gasteiger partial charge in [-0.15, -0.1) is 0 Å². The smallest absolute Gasteiger partial charge is 0.310 e. The molecule has 2 N–H and O–H groups in total. The van der Waals surface area contributed by atoms with Gasteiger partial charge in [-0.1, -0.05) is 12.1 Å². The minimum absolute atomic E-state index is 0.391. The van der Waals surface area contributed by atoms with E-state index in [4.69, 9.17) is 9.84 Å². The largest absolute Gasteiger partial charge is 0.497 e. The van der Waals surface area contributed by atoms with Crippen molar-refractivity contribution in [1.29, 1.82) is 0 Å². The fourth-order valence-corrected chi connectivity index (χ4v) is 2.23. The van der Waals surface area contributed by atoms with Crippen molar-refractivity contribution in [2.45, 2.75) is 12.6 Å². The molecule has 0 unspecified atom stereocenters. The molecule has 0 aromatic heterocycles. The molecule has 5 nitrogen and oxygen atoms in total. The Kier molecular flexibility index (Phi) is 3.84. The number of aliphatic hydroxyl groups excluding tert-OH is 1. The second-order valence-electron chi connectivity index (χ2n) is 4.55. The molecule has 2 atom stereocenters. The first-order chi connectivity index (χ1) is 8.60. The van der Waals surface area contributed by atoms with Crippen LogP contribution in [-0.4, -0.2) is 47.4 Å². The lowest BCUT2D eigenvalue weighted by atomic mass is 10.1. The Bertz CT molecular complexity index is 418. The van der Waals surface area contributed by atoms with Crippen LogP contribution in [0.2, 0.25) is 0 Å². The summed E-state index contributed by atoms with van der Waals surface area (Å²) < 4.78 is 5.07. The third-order valence-corrected chi connectivity index (χ3v) is 3.25. The molecule has 1 fully saturated rings. The van der Waals surface area contributed by atoms with Crippen LogP contribution >= 0.6 is 0 Å². The van der Waals surface area contributed by atoms with E-state index in [1.165, 1.54) is 0 Å². The molecule has 0 amide bonds. The van der Waals surface area contributed by atoms with Gasteiger partial charge in [0.15, 0.2) is 0 Å². The molecule has 1 heterocycles. The maximum atomic E-state index is 10.9. The highest BCUT2D eigenvalue weighted by atomic mass is 16.5. The van der Waals surface area contributed by atoms with Crippen molar-refractivity contribution in [1.82, 2.24) is 4.90 Å². The van der Waals surface area contributed by atoms with E-state index in [0.717, 1.165) is 11.3 Å². The summed E-state index contributed by atoms with van der Waals surface area (Å²) in [6.45, 7) is 1.44. The van der Waals surface area contributed by atoms with E-state index >= 15 is 0 Å². The van der Waals surface area contributed by atoms with Crippen LogP contribution in [-0.2, 0) is 11.3 Å². The number of carboxylic acids is 1. The number of ether oxygens (including phenoxy) is 1. The zero-order valence-electron chi connectivity index (χ0n) is 10.2. The van der Waals surface area contributed by atoms with Crippen molar-refractivity contribution < 1.29 is 19.7 Å². The summed E-state index contributed by atoms with van der Waals surface area (Å²) in [4.78, 5) is 12.8. The number of hydrogen-bond acceptors (Lipinski definition) is 4. The molecule has 0 radical (unpaired) electrons. The van der Waals surface area contributed by atoms with Crippen molar-refractivity contribution >= 4 is 5.97 Å². The van der Waals surface area contributed by atoms with Crippen LogP contribution in [0.3, 0.4) is 0 Å². The fraction of sp³-hybridized carbons (Fsp3) is 0.462. The lowest BCUT2D eigenvalue weighted by Crippen LogP contribution is -2.25. The van der Waals surface area contributed by atoms with E-state index in [9.17, 15) is 9.90 Å². The number of aliphatic hydroxyl groups is 1. The molecule has 18 heavy (non-hydrogen) atoms. The van der Waals surface area contributed by atoms with Gasteiger partial charge >= 0.3 is 5.97 Å². The SMILES string of the molecule is COc1ccc(CN2C[C@H](C(=O)O)[C@@H](O)C2)cc1. The van der Waals surface area contributed by atoms with Crippen LogP contribution in [0.4, 0.5) is 0 Å². The molecule has 1 saturated heterocycles. The monoisotopic (exact) mass is 251 g/mol. The predicted molar refractivity (Wildman–Crippen MR) is 65.4 cm³/mol. The summed E-state index contributed by atoms with van der Waals surface area (Å²) >= 11 is 0. The molecule has 1 aliphatic rings. The molecule has 98 valence electrons. The third kappa shape index (κ3) is 2.80. The van der Waals surface area contributed by atoms with E-state index in [0.29, 0.717) is 19.6 Å². The lowest BCUT2D eigenvalue weighted by molar-refractivity contribution is -0.143. The predicted octanol–water partition coefficient (Wildman–Crippen LogP) is 0.573. The number of likely N-dealkylation sites (tertiary alicyclic amines) is 1. The topological polar surface area (TPSA) is 70.0 Å². The van der Waals surface area contributed by atoms with Crippen LogP contribution < -0.4 is 4.74 Å². The van der Waals surface area contributed by atoms with Crippen molar-refractivity contribution in [2.24, 2.45) is 5.92 Å². The normalized spacial score (nSPS) is 24.1. The molecular weight excluding hydrogens is 234 g/mol. The van der Waals surface area contributed by atoms with Gasteiger partial charge in [-0.2, -0.15) is 0 Å². The van der Waals surface area contributed by atoms with Gasteiger partial charge in [-0.25, -0.2) is 0 Å². The number of hydrogen-bond donors (Lipinski definition) is 2. The summed E-state index contributed by atoms with van der Waals surface area (Å²) in [6.07, 6.45) is -0.777. The molecule has 0 aliphatic carbocycles. The number of benzene rings is 1.